The zero-order chi connectivity index (χ0) is 25.6. The summed E-state index contributed by atoms with van der Waals surface area (Å²) in [5.41, 5.74) is 1.27. The van der Waals surface area contributed by atoms with Crippen molar-refractivity contribution in [2.75, 3.05) is 0 Å². The maximum absolute atomic E-state index is 11.5. The molecule has 0 amide bonds. The van der Waals surface area contributed by atoms with Crippen LogP contribution in [0.1, 0.15) is 41.4 Å². The normalized spacial score (nSPS) is 9.56. The summed E-state index contributed by atoms with van der Waals surface area (Å²) in [6.45, 7) is 0. The summed E-state index contributed by atoms with van der Waals surface area (Å²) in [7, 11) is 0. The summed E-state index contributed by atoms with van der Waals surface area (Å²) in [5, 5.41) is 0. The Kier molecular flexibility index (Phi) is 9.49. The van der Waals surface area contributed by atoms with E-state index in [1.807, 2.05) is 0 Å². The van der Waals surface area contributed by atoms with Crippen LogP contribution in [0.15, 0.2) is 121 Å². The Hall–Kier alpha value is -5.24. The van der Waals surface area contributed by atoms with Crippen LogP contribution in [0.2, 0.25) is 0 Å². The second-order valence-corrected chi connectivity index (χ2v) is 6.95. The minimum atomic E-state index is -0.708. The minimum absolute atomic E-state index is 0.318. The molecule has 0 aliphatic heterocycles. The van der Waals surface area contributed by atoms with Crippen LogP contribution in [-0.2, 0) is 19.6 Å². The van der Waals surface area contributed by atoms with Crippen molar-refractivity contribution in [3.05, 3.63) is 144 Å². The monoisotopic (exact) mass is 484 g/mol. The molecular weight excluding hydrogens is 464 g/mol. The predicted octanol–water partition coefficient (Wildman–Crippen LogP) is 5.23. The molecule has 0 saturated heterocycles. The van der Waals surface area contributed by atoms with E-state index in [0.29, 0.717) is 22.3 Å². The molecule has 0 aliphatic rings. The SMILES string of the molecule is O=C(OOC(=O)c1ccccc1)c1ccccc1.O=C(OOC(=O)c1ccccc1)c1ccccc1. The van der Waals surface area contributed by atoms with Gasteiger partial charge in [0.2, 0.25) is 0 Å². The highest BCUT2D eigenvalue weighted by molar-refractivity contribution is 5.93. The van der Waals surface area contributed by atoms with Crippen LogP contribution >= 0.6 is 0 Å². The van der Waals surface area contributed by atoms with Gasteiger partial charge in [-0.25, -0.2) is 38.7 Å². The van der Waals surface area contributed by atoms with Crippen LogP contribution < -0.4 is 0 Å². The highest BCUT2D eigenvalue weighted by atomic mass is 17.2. The van der Waals surface area contributed by atoms with Crippen LogP contribution in [0.5, 0.6) is 0 Å². The molecule has 8 nitrogen and oxygen atoms in total. The zero-order valence-corrected chi connectivity index (χ0v) is 18.8. The molecule has 0 saturated carbocycles. The molecule has 0 N–H and O–H groups in total. The smallest absolute Gasteiger partial charge is 0.242 e. The Balaban J connectivity index is 0.000000201. The Bertz CT molecular complexity index is 1070. The van der Waals surface area contributed by atoms with Crippen molar-refractivity contribution in [1.29, 1.82) is 0 Å². The van der Waals surface area contributed by atoms with Gasteiger partial charge >= 0.3 is 23.9 Å². The topological polar surface area (TPSA) is 105 Å². The molecule has 0 radical (unpaired) electrons. The number of carbonyl (C=O) groups excluding carboxylic acids is 4. The molecule has 4 rings (SSSR count). The molecular formula is C28H20O8. The van der Waals surface area contributed by atoms with Crippen LogP contribution in [-0.4, -0.2) is 23.9 Å². The Morgan fingerprint density at radius 2 is 0.472 bits per heavy atom. The molecule has 4 aromatic rings. The van der Waals surface area contributed by atoms with E-state index in [2.05, 4.69) is 19.6 Å². The van der Waals surface area contributed by atoms with Gasteiger partial charge in [-0.2, -0.15) is 0 Å². The summed E-state index contributed by atoms with van der Waals surface area (Å²) in [5.74, 6) is -2.83. The lowest BCUT2D eigenvalue weighted by molar-refractivity contribution is -0.187. The van der Waals surface area contributed by atoms with Crippen molar-refractivity contribution >= 4 is 23.9 Å². The van der Waals surface area contributed by atoms with E-state index >= 15 is 0 Å². The average Bonchev–Trinajstić information content (AvgIpc) is 2.96. The molecule has 4 aromatic carbocycles. The van der Waals surface area contributed by atoms with E-state index in [-0.39, 0.29) is 0 Å². The quantitative estimate of drug-likeness (QED) is 0.286. The lowest BCUT2D eigenvalue weighted by Crippen LogP contribution is -2.11. The summed E-state index contributed by atoms with van der Waals surface area (Å²) >= 11 is 0. The molecule has 0 spiro atoms. The standard InChI is InChI=1S/2C14H10O4/c2*15-13(11-7-3-1-4-8-11)17-18-14(16)12-9-5-2-6-10-12/h2*1-10H. The molecule has 0 aliphatic carbocycles. The fraction of sp³-hybridized carbons (Fsp3) is 0. The lowest BCUT2D eigenvalue weighted by Gasteiger charge is -2.02. The summed E-state index contributed by atoms with van der Waals surface area (Å²) in [6, 6.07) is 33.1. The van der Waals surface area contributed by atoms with Gasteiger partial charge in [0.1, 0.15) is 0 Å². The van der Waals surface area contributed by atoms with Crippen molar-refractivity contribution in [2.24, 2.45) is 0 Å². The van der Waals surface area contributed by atoms with Crippen LogP contribution in [0.3, 0.4) is 0 Å². The van der Waals surface area contributed by atoms with Gasteiger partial charge in [-0.1, -0.05) is 72.8 Å². The van der Waals surface area contributed by atoms with Crippen molar-refractivity contribution in [2.45, 2.75) is 0 Å². The fourth-order valence-electron chi connectivity index (χ4n) is 2.64. The second kappa shape index (κ2) is 13.5. The summed E-state index contributed by atoms with van der Waals surface area (Å²) in [4.78, 5) is 63.7. The third-order valence-electron chi connectivity index (χ3n) is 4.42. The number of hydrogen-bond acceptors (Lipinski definition) is 8. The number of hydrogen-bond donors (Lipinski definition) is 0. The third-order valence-corrected chi connectivity index (χ3v) is 4.42. The van der Waals surface area contributed by atoms with Gasteiger partial charge in [0.05, 0.1) is 22.3 Å². The highest BCUT2D eigenvalue weighted by Gasteiger charge is 2.14. The first kappa shape index (κ1) is 25.4. The molecule has 0 fully saturated rings. The van der Waals surface area contributed by atoms with Crippen molar-refractivity contribution in [1.82, 2.24) is 0 Å². The highest BCUT2D eigenvalue weighted by Crippen LogP contribution is 2.06. The second-order valence-electron chi connectivity index (χ2n) is 6.95. The summed E-state index contributed by atoms with van der Waals surface area (Å²) < 4.78 is 0. The van der Waals surface area contributed by atoms with E-state index in [0.717, 1.165) is 0 Å². The average molecular weight is 484 g/mol. The molecule has 0 atom stereocenters. The van der Waals surface area contributed by atoms with Gasteiger partial charge in [0.15, 0.2) is 0 Å². The Morgan fingerprint density at radius 3 is 0.639 bits per heavy atom. The van der Waals surface area contributed by atoms with Gasteiger partial charge in [-0.15, -0.1) is 0 Å². The number of benzene rings is 4. The summed E-state index contributed by atoms with van der Waals surface area (Å²) in [6.07, 6.45) is 0. The lowest BCUT2D eigenvalue weighted by atomic mass is 10.2. The maximum atomic E-state index is 11.5. The van der Waals surface area contributed by atoms with Crippen molar-refractivity contribution in [3.63, 3.8) is 0 Å². The van der Waals surface area contributed by atoms with E-state index in [4.69, 9.17) is 0 Å². The van der Waals surface area contributed by atoms with E-state index in [1.54, 1.807) is 121 Å². The largest absolute Gasteiger partial charge is 0.386 e. The maximum Gasteiger partial charge on any atom is 0.386 e. The van der Waals surface area contributed by atoms with Crippen molar-refractivity contribution in [3.8, 4) is 0 Å². The first-order chi connectivity index (χ1) is 17.5. The Morgan fingerprint density at radius 1 is 0.306 bits per heavy atom. The first-order valence-electron chi connectivity index (χ1n) is 10.6. The Labute approximate surface area is 206 Å². The molecule has 36 heavy (non-hydrogen) atoms. The molecule has 0 heterocycles. The van der Waals surface area contributed by atoms with E-state index < -0.39 is 23.9 Å². The zero-order valence-electron chi connectivity index (χ0n) is 18.8. The van der Waals surface area contributed by atoms with Gasteiger partial charge in [0.25, 0.3) is 0 Å². The first-order valence-corrected chi connectivity index (χ1v) is 10.6. The predicted molar refractivity (Wildman–Crippen MR) is 127 cm³/mol. The molecule has 0 bridgehead atoms. The molecule has 0 aromatic heterocycles. The molecule has 180 valence electrons. The van der Waals surface area contributed by atoms with Crippen LogP contribution in [0.4, 0.5) is 0 Å². The number of rotatable bonds is 4. The van der Waals surface area contributed by atoms with E-state index in [1.165, 1.54) is 0 Å². The van der Waals surface area contributed by atoms with Gasteiger partial charge in [0, 0.05) is 0 Å². The minimum Gasteiger partial charge on any atom is -0.242 e. The third kappa shape index (κ3) is 7.96. The van der Waals surface area contributed by atoms with Crippen LogP contribution in [0.25, 0.3) is 0 Å². The fourth-order valence-corrected chi connectivity index (χ4v) is 2.64. The van der Waals surface area contributed by atoms with E-state index in [9.17, 15) is 19.2 Å². The van der Waals surface area contributed by atoms with Gasteiger partial charge in [-0.3, -0.25) is 0 Å². The van der Waals surface area contributed by atoms with Crippen LogP contribution in [0, 0.1) is 0 Å². The van der Waals surface area contributed by atoms with Crippen molar-refractivity contribution < 1.29 is 38.7 Å². The molecule has 8 heteroatoms. The van der Waals surface area contributed by atoms with Gasteiger partial charge in [-0.05, 0) is 48.5 Å². The number of carbonyl (C=O) groups is 4. The molecule has 0 unspecified atom stereocenters. The van der Waals surface area contributed by atoms with Gasteiger partial charge < -0.3 is 0 Å².